The van der Waals surface area contributed by atoms with Gasteiger partial charge in [0.05, 0.1) is 4.47 Å². The first kappa shape index (κ1) is 16.1. The van der Waals surface area contributed by atoms with Crippen molar-refractivity contribution in [3.05, 3.63) is 58.1 Å². The van der Waals surface area contributed by atoms with Crippen molar-refractivity contribution in [2.75, 3.05) is 0 Å². The van der Waals surface area contributed by atoms with Crippen LogP contribution in [-0.4, -0.2) is 0 Å². The van der Waals surface area contributed by atoms with Crippen LogP contribution in [0, 0.1) is 0 Å². The molecule has 0 aliphatic carbocycles. The maximum atomic E-state index is 6.11. The molecule has 0 aliphatic heterocycles. The van der Waals surface area contributed by atoms with E-state index in [1.807, 2.05) is 43.3 Å². The van der Waals surface area contributed by atoms with Crippen LogP contribution in [0.2, 0.25) is 0 Å². The molecular formula is C18H22BrNO. The van der Waals surface area contributed by atoms with E-state index in [0.717, 1.165) is 21.5 Å². The number of hydrogen-bond donors (Lipinski definition) is 1. The van der Waals surface area contributed by atoms with Crippen molar-refractivity contribution in [1.29, 1.82) is 0 Å². The molecule has 0 heterocycles. The second kappa shape index (κ2) is 6.20. The summed E-state index contributed by atoms with van der Waals surface area (Å²) >= 11 is 3.57. The Bertz CT molecular complexity index is 629. The van der Waals surface area contributed by atoms with Crippen LogP contribution in [0.15, 0.2) is 46.9 Å². The molecule has 2 rings (SSSR count). The second-order valence-corrected chi connectivity index (χ2v) is 7.18. The van der Waals surface area contributed by atoms with Gasteiger partial charge < -0.3 is 10.5 Å². The van der Waals surface area contributed by atoms with E-state index in [2.05, 4.69) is 42.8 Å². The van der Waals surface area contributed by atoms with Gasteiger partial charge in [-0.3, -0.25) is 0 Å². The lowest BCUT2D eigenvalue weighted by Crippen LogP contribution is -2.12. The predicted octanol–water partition coefficient (Wildman–Crippen LogP) is 5.56. The largest absolute Gasteiger partial charge is 0.456 e. The molecule has 1 atom stereocenters. The molecule has 0 saturated heterocycles. The third kappa shape index (κ3) is 3.86. The van der Waals surface area contributed by atoms with Crippen molar-refractivity contribution in [3.63, 3.8) is 0 Å². The van der Waals surface area contributed by atoms with Gasteiger partial charge in [0.15, 0.2) is 0 Å². The molecule has 2 nitrogen and oxygen atoms in total. The fourth-order valence-electron chi connectivity index (χ4n) is 2.18. The third-order valence-electron chi connectivity index (χ3n) is 3.40. The first-order chi connectivity index (χ1) is 9.79. The maximum Gasteiger partial charge on any atom is 0.141 e. The Balaban J connectivity index is 2.35. The van der Waals surface area contributed by atoms with Crippen LogP contribution in [0.25, 0.3) is 0 Å². The molecule has 0 fully saturated rings. The summed E-state index contributed by atoms with van der Waals surface area (Å²) in [6.07, 6.45) is 0. The topological polar surface area (TPSA) is 35.2 Å². The number of rotatable bonds is 3. The van der Waals surface area contributed by atoms with Gasteiger partial charge in [0.1, 0.15) is 11.5 Å². The Morgan fingerprint density at radius 2 is 1.71 bits per heavy atom. The predicted molar refractivity (Wildman–Crippen MR) is 92.0 cm³/mol. The van der Waals surface area contributed by atoms with Crippen molar-refractivity contribution in [3.8, 4) is 11.5 Å². The summed E-state index contributed by atoms with van der Waals surface area (Å²) in [5.74, 6) is 1.69. The van der Waals surface area contributed by atoms with Gasteiger partial charge in [0.2, 0.25) is 0 Å². The number of halogens is 1. The van der Waals surface area contributed by atoms with Crippen molar-refractivity contribution in [2.24, 2.45) is 5.73 Å². The van der Waals surface area contributed by atoms with Gasteiger partial charge in [0, 0.05) is 11.6 Å². The molecule has 0 bridgehead atoms. The van der Waals surface area contributed by atoms with Crippen LogP contribution in [0.5, 0.6) is 11.5 Å². The number of ether oxygens (including phenoxy) is 1. The Morgan fingerprint density at radius 3 is 2.29 bits per heavy atom. The van der Waals surface area contributed by atoms with E-state index in [1.54, 1.807) is 0 Å². The van der Waals surface area contributed by atoms with E-state index in [9.17, 15) is 0 Å². The summed E-state index contributed by atoms with van der Waals surface area (Å²) in [5, 5.41) is 0. The fraction of sp³-hybridized carbons (Fsp3) is 0.333. The van der Waals surface area contributed by atoms with Gasteiger partial charge >= 0.3 is 0 Å². The SMILES string of the molecule is CC(N)c1ccc(Oc2ccccc2C(C)(C)C)c(Br)c1. The van der Waals surface area contributed by atoms with E-state index in [-0.39, 0.29) is 11.5 Å². The van der Waals surface area contributed by atoms with Crippen LogP contribution in [0.1, 0.15) is 44.9 Å². The van der Waals surface area contributed by atoms with Crippen LogP contribution in [0.4, 0.5) is 0 Å². The third-order valence-corrected chi connectivity index (χ3v) is 4.02. The summed E-state index contributed by atoms with van der Waals surface area (Å²) < 4.78 is 7.03. The number of nitrogens with two attached hydrogens (primary N) is 1. The Hall–Kier alpha value is -1.32. The Labute approximate surface area is 135 Å². The highest BCUT2D eigenvalue weighted by molar-refractivity contribution is 9.10. The minimum absolute atomic E-state index is 0.0113. The maximum absolute atomic E-state index is 6.11. The number of hydrogen-bond acceptors (Lipinski definition) is 2. The molecule has 2 aromatic rings. The summed E-state index contributed by atoms with van der Waals surface area (Å²) in [7, 11) is 0. The normalized spacial score (nSPS) is 13.0. The molecular weight excluding hydrogens is 326 g/mol. The molecule has 1 unspecified atom stereocenters. The zero-order valence-electron chi connectivity index (χ0n) is 13.0. The van der Waals surface area contributed by atoms with Gasteiger partial charge in [-0.25, -0.2) is 0 Å². The van der Waals surface area contributed by atoms with E-state index in [0.29, 0.717) is 0 Å². The van der Waals surface area contributed by atoms with E-state index in [1.165, 1.54) is 5.56 Å². The van der Waals surface area contributed by atoms with Crippen LogP contribution in [-0.2, 0) is 5.41 Å². The van der Waals surface area contributed by atoms with Gasteiger partial charge in [-0.15, -0.1) is 0 Å². The average molecular weight is 348 g/mol. The molecule has 0 radical (unpaired) electrons. The average Bonchev–Trinajstić information content (AvgIpc) is 2.40. The smallest absolute Gasteiger partial charge is 0.141 e. The molecule has 0 aromatic heterocycles. The van der Waals surface area contributed by atoms with Gasteiger partial charge in [-0.2, -0.15) is 0 Å². The summed E-state index contributed by atoms with van der Waals surface area (Å²) in [4.78, 5) is 0. The van der Waals surface area contributed by atoms with Crippen LogP contribution >= 0.6 is 15.9 Å². The highest BCUT2D eigenvalue weighted by atomic mass is 79.9. The van der Waals surface area contributed by atoms with Crippen molar-refractivity contribution in [1.82, 2.24) is 0 Å². The van der Waals surface area contributed by atoms with E-state index < -0.39 is 0 Å². The summed E-state index contributed by atoms with van der Waals surface area (Å²) in [6.45, 7) is 8.52. The molecule has 0 saturated carbocycles. The van der Waals surface area contributed by atoms with Crippen LogP contribution in [0.3, 0.4) is 0 Å². The second-order valence-electron chi connectivity index (χ2n) is 6.33. The monoisotopic (exact) mass is 347 g/mol. The standard InChI is InChI=1S/C18H22BrNO/c1-12(20)13-9-10-17(15(19)11-13)21-16-8-6-5-7-14(16)18(2,3)4/h5-12H,20H2,1-4H3. The first-order valence-electron chi connectivity index (χ1n) is 7.11. The van der Waals surface area contributed by atoms with Crippen molar-refractivity contribution < 1.29 is 4.74 Å². The molecule has 0 aliphatic rings. The van der Waals surface area contributed by atoms with Crippen LogP contribution < -0.4 is 10.5 Å². The summed E-state index contributed by atoms with van der Waals surface area (Å²) in [5.41, 5.74) is 8.21. The molecule has 112 valence electrons. The minimum Gasteiger partial charge on any atom is -0.456 e. The lowest BCUT2D eigenvalue weighted by molar-refractivity contribution is 0.452. The molecule has 0 amide bonds. The fourth-order valence-corrected chi connectivity index (χ4v) is 2.65. The number of para-hydroxylation sites is 1. The first-order valence-corrected chi connectivity index (χ1v) is 7.90. The van der Waals surface area contributed by atoms with Gasteiger partial charge in [-0.05, 0) is 52.0 Å². The van der Waals surface area contributed by atoms with E-state index >= 15 is 0 Å². The summed E-state index contributed by atoms with van der Waals surface area (Å²) in [6, 6.07) is 14.1. The minimum atomic E-state index is 0.0113. The molecule has 2 aromatic carbocycles. The Morgan fingerprint density at radius 1 is 1.05 bits per heavy atom. The zero-order valence-corrected chi connectivity index (χ0v) is 14.6. The van der Waals surface area contributed by atoms with E-state index in [4.69, 9.17) is 10.5 Å². The Kier molecular flexibility index (Phi) is 4.74. The van der Waals surface area contributed by atoms with Gasteiger partial charge in [-0.1, -0.05) is 45.0 Å². The lowest BCUT2D eigenvalue weighted by atomic mass is 9.86. The van der Waals surface area contributed by atoms with Crippen molar-refractivity contribution >= 4 is 15.9 Å². The quantitative estimate of drug-likeness (QED) is 0.788. The highest BCUT2D eigenvalue weighted by Crippen LogP contribution is 2.37. The van der Waals surface area contributed by atoms with Gasteiger partial charge in [0.25, 0.3) is 0 Å². The molecule has 3 heteroatoms. The molecule has 21 heavy (non-hydrogen) atoms. The zero-order chi connectivity index (χ0) is 15.6. The molecule has 2 N–H and O–H groups in total. The lowest BCUT2D eigenvalue weighted by Gasteiger charge is -2.23. The van der Waals surface area contributed by atoms with Crippen molar-refractivity contribution in [2.45, 2.75) is 39.2 Å². The highest BCUT2D eigenvalue weighted by Gasteiger charge is 2.19. The molecule has 0 spiro atoms. The number of benzene rings is 2.